The van der Waals surface area contributed by atoms with E-state index in [9.17, 15) is 4.57 Å². The van der Waals surface area contributed by atoms with E-state index in [0.717, 1.165) is 5.30 Å². The van der Waals surface area contributed by atoms with Gasteiger partial charge in [0.25, 0.3) is 0 Å². The molecule has 0 saturated carbocycles. The summed E-state index contributed by atoms with van der Waals surface area (Å²) in [7, 11) is -2.03. The van der Waals surface area contributed by atoms with E-state index in [4.69, 9.17) is 9.47 Å². The molecule has 15 heavy (non-hydrogen) atoms. The highest BCUT2D eigenvalue weighted by atomic mass is 31.1. The first kappa shape index (κ1) is 12.4. The standard InChI is InChI=1S/C11H17O3P/c1-3-13-11(14-4-2)15(12)10-8-6-5-7-9-10/h5-9,11,15H,3-4H2,1-2H3. The van der Waals surface area contributed by atoms with E-state index < -0.39 is 13.8 Å². The van der Waals surface area contributed by atoms with E-state index in [-0.39, 0.29) is 0 Å². The van der Waals surface area contributed by atoms with Gasteiger partial charge in [-0.3, -0.25) is 0 Å². The Hall–Kier alpha value is -0.630. The summed E-state index contributed by atoms with van der Waals surface area (Å²) in [5, 5.41) is 0.800. The first-order valence-corrected chi connectivity index (χ1v) is 6.60. The minimum absolute atomic E-state index is 0.508. The zero-order chi connectivity index (χ0) is 11.1. The lowest BCUT2D eigenvalue weighted by atomic mass is 10.4. The molecule has 0 aliphatic rings. The molecule has 1 aromatic carbocycles. The van der Waals surface area contributed by atoms with Crippen LogP contribution in [-0.2, 0) is 14.0 Å². The second-order valence-corrected chi connectivity index (χ2v) is 4.75. The van der Waals surface area contributed by atoms with Gasteiger partial charge >= 0.3 is 0 Å². The molecular weight excluding hydrogens is 211 g/mol. The number of hydrogen-bond donors (Lipinski definition) is 0. The van der Waals surface area contributed by atoms with Crippen LogP contribution >= 0.6 is 7.80 Å². The largest absolute Gasteiger partial charge is 0.346 e. The van der Waals surface area contributed by atoms with Crippen molar-refractivity contribution in [3.63, 3.8) is 0 Å². The Morgan fingerprint density at radius 3 is 2.13 bits per heavy atom. The normalized spacial score (nSPS) is 13.0. The van der Waals surface area contributed by atoms with Crippen molar-refractivity contribution in [1.29, 1.82) is 0 Å². The van der Waals surface area contributed by atoms with E-state index in [2.05, 4.69) is 0 Å². The van der Waals surface area contributed by atoms with Crippen LogP contribution in [0, 0.1) is 0 Å². The Morgan fingerprint density at radius 1 is 1.13 bits per heavy atom. The molecule has 0 saturated heterocycles. The fourth-order valence-corrected chi connectivity index (χ4v) is 2.67. The van der Waals surface area contributed by atoms with Gasteiger partial charge in [-0.05, 0) is 13.8 Å². The van der Waals surface area contributed by atoms with E-state index in [1.807, 2.05) is 44.2 Å². The van der Waals surface area contributed by atoms with Gasteiger partial charge in [-0.1, -0.05) is 30.3 Å². The quantitative estimate of drug-likeness (QED) is 0.553. The molecule has 0 radical (unpaired) electrons. The SMILES string of the molecule is CCOC(OCC)[PH](=O)c1ccccc1. The molecule has 0 aliphatic heterocycles. The fourth-order valence-electron chi connectivity index (χ4n) is 1.24. The van der Waals surface area contributed by atoms with Crippen LogP contribution in [-0.4, -0.2) is 19.2 Å². The zero-order valence-electron chi connectivity index (χ0n) is 9.10. The molecule has 84 valence electrons. The van der Waals surface area contributed by atoms with Crippen LogP contribution in [0.15, 0.2) is 30.3 Å². The highest BCUT2D eigenvalue weighted by Crippen LogP contribution is 2.28. The molecule has 0 N–H and O–H groups in total. The third-order valence-electron chi connectivity index (χ3n) is 1.91. The summed E-state index contributed by atoms with van der Waals surface area (Å²) >= 11 is 0. The molecule has 0 heterocycles. The second-order valence-electron chi connectivity index (χ2n) is 2.97. The Kier molecular flexibility index (Phi) is 5.62. The summed E-state index contributed by atoms with van der Waals surface area (Å²) in [6.45, 7) is 4.75. The summed E-state index contributed by atoms with van der Waals surface area (Å²) in [5.74, 6) is 0. The minimum atomic E-state index is -2.03. The van der Waals surface area contributed by atoms with Crippen LogP contribution in [0.5, 0.6) is 0 Å². The van der Waals surface area contributed by atoms with Crippen molar-refractivity contribution in [2.45, 2.75) is 19.9 Å². The first-order valence-electron chi connectivity index (χ1n) is 5.12. The Balaban J connectivity index is 2.71. The van der Waals surface area contributed by atoms with Gasteiger partial charge in [0.05, 0.1) is 0 Å². The number of rotatable bonds is 6. The summed E-state index contributed by atoms with van der Waals surface area (Å²) in [6.07, 6.45) is 0. The Labute approximate surface area is 91.2 Å². The maximum absolute atomic E-state index is 12.1. The van der Waals surface area contributed by atoms with Crippen molar-refractivity contribution >= 4 is 13.1 Å². The molecule has 0 bridgehead atoms. The van der Waals surface area contributed by atoms with Crippen LogP contribution in [0.3, 0.4) is 0 Å². The van der Waals surface area contributed by atoms with E-state index in [1.165, 1.54) is 0 Å². The summed E-state index contributed by atoms with van der Waals surface area (Å²) in [4.78, 5) is 0. The van der Waals surface area contributed by atoms with Crippen molar-refractivity contribution in [2.75, 3.05) is 13.2 Å². The van der Waals surface area contributed by atoms with Crippen LogP contribution in [0.2, 0.25) is 0 Å². The predicted octanol–water partition coefficient (Wildman–Crippen LogP) is 2.23. The molecule has 0 fully saturated rings. The molecular formula is C11H17O3P. The van der Waals surface area contributed by atoms with Gasteiger partial charge in [0.15, 0.2) is 7.80 Å². The van der Waals surface area contributed by atoms with Crippen molar-refractivity contribution in [3.05, 3.63) is 30.3 Å². The molecule has 1 aromatic rings. The lowest BCUT2D eigenvalue weighted by Gasteiger charge is -2.16. The predicted molar refractivity (Wildman–Crippen MR) is 62.1 cm³/mol. The Morgan fingerprint density at radius 2 is 1.67 bits per heavy atom. The maximum Gasteiger partial charge on any atom is 0.212 e. The summed E-state index contributed by atoms with van der Waals surface area (Å²) < 4.78 is 22.7. The molecule has 0 spiro atoms. The van der Waals surface area contributed by atoms with Gasteiger partial charge in [0, 0.05) is 18.5 Å². The van der Waals surface area contributed by atoms with Crippen molar-refractivity contribution in [2.24, 2.45) is 0 Å². The summed E-state index contributed by atoms with van der Waals surface area (Å²) in [5.41, 5.74) is 0. The third-order valence-corrected chi connectivity index (χ3v) is 3.57. The van der Waals surface area contributed by atoms with Crippen LogP contribution < -0.4 is 5.30 Å². The van der Waals surface area contributed by atoms with Crippen molar-refractivity contribution in [3.8, 4) is 0 Å². The molecule has 0 aliphatic carbocycles. The first-order chi connectivity index (χ1) is 7.29. The Bertz CT molecular complexity index is 294. The highest BCUT2D eigenvalue weighted by Gasteiger charge is 2.17. The molecule has 0 aromatic heterocycles. The molecule has 4 heteroatoms. The minimum Gasteiger partial charge on any atom is -0.346 e. The number of ether oxygens (including phenoxy) is 2. The van der Waals surface area contributed by atoms with Gasteiger partial charge in [-0.15, -0.1) is 0 Å². The van der Waals surface area contributed by atoms with Gasteiger partial charge in [0.1, 0.15) is 0 Å². The van der Waals surface area contributed by atoms with E-state index >= 15 is 0 Å². The maximum atomic E-state index is 12.1. The van der Waals surface area contributed by atoms with E-state index in [0.29, 0.717) is 13.2 Å². The van der Waals surface area contributed by atoms with Crippen molar-refractivity contribution < 1.29 is 14.0 Å². The number of hydrogen-bond acceptors (Lipinski definition) is 3. The van der Waals surface area contributed by atoms with E-state index in [1.54, 1.807) is 0 Å². The van der Waals surface area contributed by atoms with Gasteiger partial charge in [0.2, 0.25) is 6.03 Å². The summed E-state index contributed by atoms with van der Waals surface area (Å²) in [6, 6.07) is 8.72. The zero-order valence-corrected chi connectivity index (χ0v) is 10.1. The average molecular weight is 228 g/mol. The molecule has 3 nitrogen and oxygen atoms in total. The smallest absolute Gasteiger partial charge is 0.212 e. The molecule has 0 amide bonds. The van der Waals surface area contributed by atoms with Gasteiger partial charge in [-0.2, -0.15) is 0 Å². The monoisotopic (exact) mass is 228 g/mol. The second kappa shape index (κ2) is 6.78. The highest BCUT2D eigenvalue weighted by molar-refractivity contribution is 7.53. The average Bonchev–Trinajstić information content (AvgIpc) is 2.29. The molecule has 1 rings (SSSR count). The van der Waals surface area contributed by atoms with Gasteiger partial charge < -0.3 is 14.0 Å². The molecule has 1 unspecified atom stereocenters. The lowest BCUT2D eigenvalue weighted by Crippen LogP contribution is -2.17. The topological polar surface area (TPSA) is 35.5 Å². The molecule has 1 atom stereocenters. The number of benzene rings is 1. The van der Waals surface area contributed by atoms with Gasteiger partial charge in [-0.25, -0.2) is 0 Å². The fraction of sp³-hybridized carbons (Fsp3) is 0.455. The van der Waals surface area contributed by atoms with Crippen molar-refractivity contribution in [1.82, 2.24) is 0 Å². The van der Waals surface area contributed by atoms with Crippen LogP contribution in [0.1, 0.15) is 13.8 Å². The lowest BCUT2D eigenvalue weighted by molar-refractivity contribution is -0.0788. The third kappa shape index (κ3) is 3.78. The van der Waals surface area contributed by atoms with Crippen LogP contribution in [0.25, 0.3) is 0 Å². The van der Waals surface area contributed by atoms with Crippen LogP contribution in [0.4, 0.5) is 0 Å².